The third-order valence-electron chi connectivity index (χ3n) is 4.06. The molecule has 1 fully saturated rings. The Hall–Kier alpha value is -2.13. The van der Waals surface area contributed by atoms with Crippen molar-refractivity contribution in [2.75, 3.05) is 13.1 Å². The van der Waals surface area contributed by atoms with Gasteiger partial charge in [-0.1, -0.05) is 6.42 Å². The Labute approximate surface area is 149 Å². The van der Waals surface area contributed by atoms with Crippen LogP contribution in [0.25, 0.3) is 0 Å². The minimum atomic E-state index is -4.46. The highest BCUT2D eigenvalue weighted by atomic mass is 32.2. The van der Waals surface area contributed by atoms with Crippen molar-refractivity contribution in [2.45, 2.75) is 30.3 Å². The second kappa shape index (κ2) is 7.24. The van der Waals surface area contributed by atoms with Crippen molar-refractivity contribution in [2.24, 2.45) is 0 Å². The molecule has 0 spiro atoms. The van der Waals surface area contributed by atoms with Gasteiger partial charge in [0.25, 0.3) is 0 Å². The summed E-state index contributed by atoms with van der Waals surface area (Å²) in [4.78, 5) is 3.78. The summed E-state index contributed by atoms with van der Waals surface area (Å²) in [6.45, 7) is 1.02. The van der Waals surface area contributed by atoms with Crippen LogP contribution in [0, 0.1) is 0 Å². The lowest BCUT2D eigenvalue weighted by Gasteiger charge is -2.25. The maximum Gasteiger partial charge on any atom is 0.417 e. The molecule has 26 heavy (non-hydrogen) atoms. The van der Waals surface area contributed by atoms with Crippen molar-refractivity contribution < 1.29 is 26.3 Å². The van der Waals surface area contributed by atoms with Crippen molar-refractivity contribution in [1.29, 1.82) is 0 Å². The van der Waals surface area contributed by atoms with Crippen LogP contribution in [-0.4, -0.2) is 30.8 Å². The lowest BCUT2D eigenvalue weighted by atomic mass is 10.2. The molecule has 9 heteroatoms. The molecule has 2 aromatic rings. The highest BCUT2D eigenvalue weighted by molar-refractivity contribution is 7.89. The van der Waals surface area contributed by atoms with Crippen LogP contribution in [-0.2, 0) is 16.2 Å². The molecule has 1 aromatic carbocycles. The van der Waals surface area contributed by atoms with Crippen molar-refractivity contribution in [1.82, 2.24) is 9.29 Å². The van der Waals surface area contributed by atoms with E-state index in [1.807, 2.05) is 0 Å². The lowest BCUT2D eigenvalue weighted by molar-refractivity contribution is -0.137. The van der Waals surface area contributed by atoms with Crippen LogP contribution in [0.4, 0.5) is 13.2 Å². The van der Waals surface area contributed by atoms with E-state index in [-0.39, 0.29) is 16.5 Å². The maximum atomic E-state index is 12.6. The van der Waals surface area contributed by atoms with Crippen LogP contribution in [0.2, 0.25) is 0 Å². The predicted molar refractivity (Wildman–Crippen MR) is 88.4 cm³/mol. The fourth-order valence-electron chi connectivity index (χ4n) is 2.66. The molecule has 1 aliphatic rings. The standard InChI is InChI=1S/C17H17F3N2O3S/c18-17(19,20)13-4-9-16(21-12-13)25-14-5-7-15(8-6-14)26(23,24)22-10-2-1-3-11-22/h4-9,12H,1-3,10-11H2. The Morgan fingerprint density at radius 3 is 2.15 bits per heavy atom. The van der Waals surface area contributed by atoms with Crippen LogP contribution < -0.4 is 4.74 Å². The number of alkyl halides is 3. The second-order valence-corrected chi connectivity index (χ2v) is 7.86. The number of hydrogen-bond donors (Lipinski definition) is 0. The van der Waals surface area contributed by atoms with Gasteiger partial charge in [0.15, 0.2) is 0 Å². The number of hydrogen-bond acceptors (Lipinski definition) is 4. The molecule has 0 bridgehead atoms. The summed E-state index contributed by atoms with van der Waals surface area (Å²) in [5.41, 5.74) is -0.868. The summed E-state index contributed by atoms with van der Waals surface area (Å²) < 4.78 is 69.5. The highest BCUT2D eigenvalue weighted by Gasteiger charge is 2.30. The maximum absolute atomic E-state index is 12.6. The van der Waals surface area contributed by atoms with E-state index in [1.54, 1.807) is 0 Å². The smallest absolute Gasteiger partial charge is 0.417 e. The van der Waals surface area contributed by atoms with Crippen LogP contribution in [0.1, 0.15) is 24.8 Å². The first kappa shape index (κ1) is 18.7. The monoisotopic (exact) mass is 386 g/mol. The Morgan fingerprint density at radius 1 is 0.962 bits per heavy atom. The molecule has 1 aromatic heterocycles. The van der Waals surface area contributed by atoms with E-state index in [0.717, 1.165) is 31.4 Å². The summed E-state index contributed by atoms with van der Waals surface area (Å²) in [6, 6.07) is 7.73. The van der Waals surface area contributed by atoms with Gasteiger partial charge < -0.3 is 4.74 Å². The number of benzene rings is 1. The number of ether oxygens (including phenoxy) is 1. The number of halogens is 3. The number of aromatic nitrogens is 1. The molecular weight excluding hydrogens is 369 g/mol. The highest BCUT2D eigenvalue weighted by Crippen LogP contribution is 2.30. The molecule has 0 radical (unpaired) electrons. The van der Waals surface area contributed by atoms with Gasteiger partial charge in [0.05, 0.1) is 10.5 Å². The molecule has 1 aliphatic heterocycles. The largest absolute Gasteiger partial charge is 0.439 e. The zero-order valence-corrected chi connectivity index (χ0v) is 14.6. The minimum Gasteiger partial charge on any atom is -0.439 e. The van der Waals surface area contributed by atoms with E-state index in [4.69, 9.17) is 4.74 Å². The van der Waals surface area contributed by atoms with Gasteiger partial charge in [-0.3, -0.25) is 0 Å². The molecule has 140 valence electrons. The van der Waals surface area contributed by atoms with E-state index in [9.17, 15) is 21.6 Å². The van der Waals surface area contributed by atoms with Gasteiger partial charge in [0.2, 0.25) is 15.9 Å². The normalized spacial score (nSPS) is 16.4. The summed E-state index contributed by atoms with van der Waals surface area (Å²) in [5.74, 6) is 0.277. The zero-order chi connectivity index (χ0) is 18.8. The molecule has 0 saturated carbocycles. The average Bonchev–Trinajstić information content (AvgIpc) is 2.63. The van der Waals surface area contributed by atoms with E-state index in [1.165, 1.54) is 28.6 Å². The third kappa shape index (κ3) is 4.16. The fraction of sp³-hybridized carbons (Fsp3) is 0.353. The number of pyridine rings is 1. The molecule has 1 saturated heterocycles. The molecule has 0 amide bonds. The van der Waals surface area contributed by atoms with E-state index in [0.29, 0.717) is 19.3 Å². The van der Waals surface area contributed by atoms with Gasteiger partial charge in [-0.25, -0.2) is 13.4 Å². The van der Waals surface area contributed by atoms with Crippen LogP contribution in [0.5, 0.6) is 11.6 Å². The Morgan fingerprint density at radius 2 is 1.62 bits per heavy atom. The minimum absolute atomic E-state index is 0.00959. The first-order chi connectivity index (χ1) is 12.3. The molecule has 2 heterocycles. The molecular formula is C17H17F3N2O3S. The molecule has 0 N–H and O–H groups in total. The number of rotatable bonds is 4. The van der Waals surface area contributed by atoms with Crippen LogP contribution in [0.3, 0.4) is 0 Å². The first-order valence-corrected chi connectivity index (χ1v) is 9.52. The van der Waals surface area contributed by atoms with Gasteiger partial charge in [-0.2, -0.15) is 17.5 Å². The van der Waals surface area contributed by atoms with Crippen LogP contribution in [0.15, 0.2) is 47.5 Å². The zero-order valence-electron chi connectivity index (χ0n) is 13.7. The van der Waals surface area contributed by atoms with Gasteiger partial charge in [0, 0.05) is 25.4 Å². The molecule has 0 unspecified atom stereocenters. The average molecular weight is 386 g/mol. The summed E-state index contributed by atoms with van der Waals surface area (Å²) in [5, 5.41) is 0. The Bertz CT molecular complexity index is 844. The lowest BCUT2D eigenvalue weighted by Crippen LogP contribution is -2.35. The summed E-state index contributed by atoms with van der Waals surface area (Å²) >= 11 is 0. The topological polar surface area (TPSA) is 59.5 Å². The second-order valence-electron chi connectivity index (χ2n) is 5.92. The van der Waals surface area contributed by atoms with Crippen molar-refractivity contribution >= 4 is 10.0 Å². The van der Waals surface area contributed by atoms with Gasteiger partial charge in [0.1, 0.15) is 5.75 Å². The van der Waals surface area contributed by atoms with Crippen molar-refractivity contribution in [3.63, 3.8) is 0 Å². The third-order valence-corrected chi connectivity index (χ3v) is 5.98. The SMILES string of the molecule is O=S(=O)(c1ccc(Oc2ccc(C(F)(F)F)cn2)cc1)N1CCCCC1. The number of sulfonamides is 1. The molecule has 0 atom stereocenters. The number of nitrogens with zero attached hydrogens (tertiary/aromatic N) is 2. The van der Waals surface area contributed by atoms with Crippen molar-refractivity contribution in [3.8, 4) is 11.6 Å². The molecule has 3 rings (SSSR count). The van der Waals surface area contributed by atoms with E-state index in [2.05, 4.69) is 4.98 Å². The van der Waals surface area contributed by atoms with Gasteiger partial charge in [-0.05, 0) is 43.2 Å². The van der Waals surface area contributed by atoms with E-state index < -0.39 is 21.8 Å². The van der Waals surface area contributed by atoms with Gasteiger partial charge in [-0.15, -0.1) is 0 Å². The summed E-state index contributed by atoms with van der Waals surface area (Å²) in [6.07, 6.45) is -1.06. The Kier molecular flexibility index (Phi) is 5.19. The fourth-order valence-corrected chi connectivity index (χ4v) is 4.18. The van der Waals surface area contributed by atoms with Gasteiger partial charge >= 0.3 is 6.18 Å². The van der Waals surface area contributed by atoms with E-state index >= 15 is 0 Å². The Balaban J connectivity index is 1.71. The van der Waals surface area contributed by atoms with Crippen LogP contribution >= 0.6 is 0 Å². The summed E-state index contributed by atoms with van der Waals surface area (Å²) in [7, 11) is -3.54. The van der Waals surface area contributed by atoms with Crippen molar-refractivity contribution in [3.05, 3.63) is 48.2 Å². The first-order valence-electron chi connectivity index (χ1n) is 8.08. The molecule has 0 aliphatic carbocycles. The number of piperidine rings is 1. The molecule has 5 nitrogen and oxygen atoms in total. The predicted octanol–water partition coefficient (Wildman–Crippen LogP) is 4.07. The quantitative estimate of drug-likeness (QED) is 0.795.